The molecule has 1 aliphatic rings. The molecular formula is C25H29F3N6O3. The molecule has 4 rings (SSSR count). The van der Waals surface area contributed by atoms with E-state index in [2.05, 4.69) is 21.8 Å². The Morgan fingerprint density at radius 1 is 1.27 bits per heavy atom. The summed E-state index contributed by atoms with van der Waals surface area (Å²) in [4.78, 5) is 8.90. The number of aliphatic carboxylic acids is 1. The lowest BCUT2D eigenvalue weighted by atomic mass is 9.90. The Hall–Kier alpha value is -3.98. The lowest BCUT2D eigenvalue weighted by Gasteiger charge is -2.31. The van der Waals surface area contributed by atoms with Crippen molar-refractivity contribution in [2.75, 3.05) is 17.2 Å². The molecular weight excluding hydrogens is 489 g/mol. The zero-order valence-corrected chi connectivity index (χ0v) is 20.5. The Balaban J connectivity index is 0.000000479. The number of rotatable bonds is 6. The monoisotopic (exact) mass is 518 g/mol. The van der Waals surface area contributed by atoms with Crippen LogP contribution in [0.2, 0.25) is 0 Å². The molecule has 0 aliphatic heterocycles. The molecule has 198 valence electrons. The van der Waals surface area contributed by atoms with Crippen LogP contribution in [0.15, 0.2) is 36.5 Å². The summed E-state index contributed by atoms with van der Waals surface area (Å²) in [5, 5.41) is 28.6. The summed E-state index contributed by atoms with van der Waals surface area (Å²) in [6, 6.07) is 12.3. The van der Waals surface area contributed by atoms with E-state index in [-0.39, 0.29) is 12.1 Å². The molecule has 37 heavy (non-hydrogen) atoms. The first-order valence-electron chi connectivity index (χ1n) is 11.8. The molecule has 1 aromatic carbocycles. The molecule has 0 spiro atoms. The number of carbonyl (C=O) groups is 1. The van der Waals surface area contributed by atoms with Crippen molar-refractivity contribution in [1.82, 2.24) is 9.61 Å². The maximum atomic E-state index is 10.6. The van der Waals surface area contributed by atoms with Crippen LogP contribution < -0.4 is 21.1 Å². The van der Waals surface area contributed by atoms with Gasteiger partial charge in [0.1, 0.15) is 23.2 Å². The SMILES string of the molecule is CCOc1ccc(Nc2c(C)c(N[C@@H]3CCCC[C@H]3N)c(C#N)c3ccnn23)cc1.O=C(O)C(F)(F)F. The maximum absolute atomic E-state index is 10.6. The number of nitrogens with zero attached hydrogens (tertiary/aromatic N) is 3. The number of nitriles is 1. The highest BCUT2D eigenvalue weighted by molar-refractivity contribution is 5.82. The normalized spacial score (nSPS) is 17.3. The van der Waals surface area contributed by atoms with Crippen molar-refractivity contribution in [3.63, 3.8) is 0 Å². The average Bonchev–Trinajstić information content (AvgIpc) is 3.34. The predicted molar refractivity (Wildman–Crippen MR) is 133 cm³/mol. The highest BCUT2D eigenvalue weighted by Gasteiger charge is 2.38. The van der Waals surface area contributed by atoms with Gasteiger partial charge in [-0.05, 0) is 57.0 Å². The molecule has 12 heteroatoms. The van der Waals surface area contributed by atoms with Crippen molar-refractivity contribution in [1.29, 1.82) is 5.26 Å². The third-order valence-corrected chi connectivity index (χ3v) is 6.02. The van der Waals surface area contributed by atoms with Gasteiger partial charge < -0.3 is 26.2 Å². The molecule has 0 amide bonds. The molecule has 1 fully saturated rings. The summed E-state index contributed by atoms with van der Waals surface area (Å²) < 4.78 is 39.1. The first kappa shape index (κ1) is 27.6. The number of hydrogen-bond acceptors (Lipinski definition) is 7. The van der Waals surface area contributed by atoms with Crippen molar-refractivity contribution >= 4 is 28.7 Å². The smallest absolute Gasteiger partial charge is 0.490 e. The highest BCUT2D eigenvalue weighted by Crippen LogP contribution is 2.35. The second-order valence-electron chi connectivity index (χ2n) is 8.55. The summed E-state index contributed by atoms with van der Waals surface area (Å²) in [5.41, 5.74) is 10.4. The van der Waals surface area contributed by atoms with Gasteiger partial charge in [0.15, 0.2) is 0 Å². The zero-order valence-electron chi connectivity index (χ0n) is 20.5. The number of aromatic nitrogens is 2. The Morgan fingerprint density at radius 3 is 2.49 bits per heavy atom. The average molecular weight is 519 g/mol. The van der Waals surface area contributed by atoms with Crippen molar-refractivity contribution < 1.29 is 27.8 Å². The molecule has 2 heterocycles. The topological polar surface area (TPSA) is 138 Å². The number of ether oxygens (including phenoxy) is 1. The van der Waals surface area contributed by atoms with Gasteiger partial charge in [-0.1, -0.05) is 12.8 Å². The molecule has 2 aromatic heterocycles. The highest BCUT2D eigenvalue weighted by atomic mass is 19.4. The Morgan fingerprint density at radius 2 is 1.92 bits per heavy atom. The molecule has 3 aromatic rings. The minimum absolute atomic E-state index is 0.0911. The summed E-state index contributed by atoms with van der Waals surface area (Å²) in [5.74, 6) is -1.10. The van der Waals surface area contributed by atoms with E-state index in [1.807, 2.05) is 44.2 Å². The maximum Gasteiger partial charge on any atom is 0.490 e. The van der Waals surface area contributed by atoms with Crippen molar-refractivity contribution in [3.8, 4) is 11.8 Å². The molecule has 5 N–H and O–H groups in total. The number of hydrogen-bond donors (Lipinski definition) is 4. The number of carboxylic acids is 1. The second kappa shape index (κ2) is 11.8. The summed E-state index contributed by atoms with van der Waals surface area (Å²) in [7, 11) is 0. The Kier molecular flexibility index (Phi) is 8.83. The van der Waals surface area contributed by atoms with E-state index in [1.165, 1.54) is 0 Å². The van der Waals surface area contributed by atoms with Crippen LogP contribution in [0.3, 0.4) is 0 Å². The van der Waals surface area contributed by atoms with Crippen LogP contribution in [-0.2, 0) is 4.79 Å². The fraction of sp³-hybridized carbons (Fsp3) is 0.400. The standard InChI is InChI=1S/C23H28N6O.C2HF3O2/c1-3-30-17-10-8-16(9-11-17)27-23-15(2)22(28-20-7-5-4-6-19(20)25)18(14-24)21-12-13-26-29(21)23;3-2(4,5)1(6)7/h8-13,19-20,27-28H,3-7,25H2,1-2H3;(H,6,7)/t19-,20-;/m1./s1. The summed E-state index contributed by atoms with van der Waals surface area (Å²) >= 11 is 0. The third-order valence-electron chi connectivity index (χ3n) is 6.02. The minimum Gasteiger partial charge on any atom is -0.494 e. The van der Waals surface area contributed by atoms with Crippen LogP contribution in [0.1, 0.15) is 43.7 Å². The van der Waals surface area contributed by atoms with Crippen LogP contribution in [-0.4, -0.2) is 45.6 Å². The Bertz CT molecular complexity index is 1270. The molecule has 9 nitrogen and oxygen atoms in total. The van der Waals surface area contributed by atoms with Gasteiger partial charge >= 0.3 is 12.1 Å². The zero-order chi connectivity index (χ0) is 27.2. The summed E-state index contributed by atoms with van der Waals surface area (Å²) in [6.07, 6.45) is 0.964. The van der Waals surface area contributed by atoms with Crippen molar-refractivity contribution in [3.05, 3.63) is 47.7 Å². The molecule has 1 aliphatic carbocycles. The van der Waals surface area contributed by atoms with Crippen molar-refractivity contribution in [2.24, 2.45) is 5.73 Å². The van der Waals surface area contributed by atoms with E-state index in [1.54, 1.807) is 10.7 Å². The number of carboxylic acid groups (broad SMARTS) is 1. The molecule has 1 saturated carbocycles. The van der Waals surface area contributed by atoms with Gasteiger partial charge in [0.05, 0.1) is 24.0 Å². The van der Waals surface area contributed by atoms with E-state index in [0.29, 0.717) is 12.2 Å². The minimum atomic E-state index is -5.08. The number of pyridine rings is 1. The van der Waals surface area contributed by atoms with Gasteiger partial charge in [0.25, 0.3) is 0 Å². The number of nitrogens with two attached hydrogens (primary N) is 1. The Labute approximate surface area is 212 Å². The van der Waals surface area contributed by atoms with E-state index < -0.39 is 12.1 Å². The van der Waals surface area contributed by atoms with Gasteiger partial charge in [0, 0.05) is 23.3 Å². The van der Waals surface area contributed by atoms with E-state index >= 15 is 0 Å². The molecule has 0 unspecified atom stereocenters. The lowest BCUT2D eigenvalue weighted by Crippen LogP contribution is -2.43. The number of alkyl halides is 3. The fourth-order valence-electron chi connectivity index (χ4n) is 4.17. The number of fused-ring (bicyclic) bond motifs is 1. The van der Waals surface area contributed by atoms with E-state index in [9.17, 15) is 18.4 Å². The van der Waals surface area contributed by atoms with Crippen LogP contribution >= 0.6 is 0 Å². The quantitative estimate of drug-likeness (QED) is 0.359. The van der Waals surface area contributed by atoms with Crippen molar-refractivity contribution in [2.45, 2.75) is 57.8 Å². The molecule has 0 bridgehead atoms. The van der Waals surface area contributed by atoms with Gasteiger partial charge in [0.2, 0.25) is 0 Å². The van der Waals surface area contributed by atoms with Crippen LogP contribution in [0.25, 0.3) is 5.52 Å². The molecule has 0 saturated heterocycles. The first-order valence-corrected chi connectivity index (χ1v) is 11.8. The van der Waals surface area contributed by atoms with Crippen LogP contribution in [0.4, 0.5) is 30.4 Å². The number of halogens is 3. The molecule has 2 atom stereocenters. The largest absolute Gasteiger partial charge is 0.494 e. The third kappa shape index (κ3) is 6.62. The predicted octanol–water partition coefficient (Wildman–Crippen LogP) is 4.97. The molecule has 0 radical (unpaired) electrons. The number of anilines is 3. The van der Waals surface area contributed by atoms with Gasteiger partial charge in [-0.25, -0.2) is 9.31 Å². The number of nitrogens with one attached hydrogen (secondary N) is 2. The van der Waals surface area contributed by atoms with Gasteiger partial charge in [-0.3, -0.25) is 0 Å². The van der Waals surface area contributed by atoms with Crippen LogP contribution in [0.5, 0.6) is 5.75 Å². The van der Waals surface area contributed by atoms with Crippen LogP contribution in [0, 0.1) is 18.3 Å². The lowest BCUT2D eigenvalue weighted by molar-refractivity contribution is -0.192. The second-order valence-corrected chi connectivity index (χ2v) is 8.55. The first-order chi connectivity index (χ1) is 17.6. The van der Waals surface area contributed by atoms with Gasteiger partial charge in [-0.2, -0.15) is 23.5 Å². The number of benzene rings is 1. The fourth-order valence-corrected chi connectivity index (χ4v) is 4.17. The van der Waals surface area contributed by atoms with E-state index in [4.69, 9.17) is 20.4 Å². The summed E-state index contributed by atoms with van der Waals surface area (Å²) in [6.45, 7) is 4.61. The van der Waals surface area contributed by atoms with Gasteiger partial charge in [-0.15, -0.1) is 0 Å². The van der Waals surface area contributed by atoms with E-state index in [0.717, 1.165) is 59.7 Å².